The molecule has 2 aromatic carbocycles. The SMILES string of the molecule is N#Cc1ccc(C(=O)Nc2c(Br)cc(C(F)(CC(F)(F)F)C(F)(F)F)cc2Br)cc1N. The van der Waals surface area contributed by atoms with Crippen LogP contribution in [0.5, 0.6) is 0 Å². The lowest BCUT2D eigenvalue weighted by Gasteiger charge is -2.30. The van der Waals surface area contributed by atoms with Gasteiger partial charge in [0, 0.05) is 20.1 Å². The number of nitrogens with zero attached hydrogens (tertiary/aromatic N) is 1. The summed E-state index contributed by atoms with van der Waals surface area (Å²) in [4.78, 5) is 12.4. The molecule has 1 amide bonds. The number of hydrogen-bond donors (Lipinski definition) is 2. The Balaban J connectivity index is 2.45. The zero-order valence-corrected chi connectivity index (χ0v) is 18.1. The van der Waals surface area contributed by atoms with Gasteiger partial charge in [-0.05, 0) is 62.2 Å². The number of nitrogen functional groups attached to an aromatic ring is 1. The molecule has 2 aromatic rings. The van der Waals surface area contributed by atoms with Gasteiger partial charge in [0.05, 0.1) is 23.4 Å². The molecular weight excluding hydrogens is 567 g/mol. The van der Waals surface area contributed by atoms with Crippen LogP contribution < -0.4 is 11.1 Å². The standard InChI is InChI=1S/C18H10Br2F7N3O/c19-11-4-10(16(21,18(25,26)27)7-17(22,23)24)5-12(20)14(11)30-15(31)8-1-2-9(6-28)13(29)3-8/h1-5H,7,29H2,(H,30,31). The van der Waals surface area contributed by atoms with E-state index < -0.39 is 35.9 Å². The van der Waals surface area contributed by atoms with Gasteiger partial charge in [0.25, 0.3) is 5.91 Å². The highest BCUT2D eigenvalue weighted by Crippen LogP contribution is 2.51. The predicted molar refractivity (Wildman–Crippen MR) is 105 cm³/mol. The fraction of sp³-hybridized carbons (Fsp3) is 0.222. The minimum absolute atomic E-state index is 0.00294. The van der Waals surface area contributed by atoms with E-state index in [0.29, 0.717) is 12.1 Å². The lowest BCUT2D eigenvalue weighted by molar-refractivity contribution is -0.273. The zero-order chi connectivity index (χ0) is 23.8. The summed E-state index contributed by atoms with van der Waals surface area (Å²) in [7, 11) is 0. The summed E-state index contributed by atoms with van der Waals surface area (Å²) in [5, 5.41) is 11.2. The Kier molecular flexibility index (Phi) is 6.97. The Hall–Kier alpha value is -2.33. The van der Waals surface area contributed by atoms with Gasteiger partial charge in [-0.25, -0.2) is 4.39 Å². The third-order valence-corrected chi connectivity index (χ3v) is 5.32. The van der Waals surface area contributed by atoms with Gasteiger partial charge in [0.15, 0.2) is 0 Å². The quantitative estimate of drug-likeness (QED) is 0.318. The molecule has 0 aliphatic rings. The number of anilines is 2. The molecule has 0 saturated heterocycles. The highest BCUT2D eigenvalue weighted by Gasteiger charge is 2.62. The summed E-state index contributed by atoms with van der Waals surface area (Å²) in [5.74, 6) is -0.789. The van der Waals surface area contributed by atoms with Crippen LogP contribution in [0.25, 0.3) is 0 Å². The molecule has 0 bridgehead atoms. The molecule has 0 aliphatic heterocycles. The summed E-state index contributed by atoms with van der Waals surface area (Å²) in [6.07, 6.45) is -14.1. The van der Waals surface area contributed by atoms with Crippen LogP contribution >= 0.6 is 31.9 Å². The van der Waals surface area contributed by atoms with Crippen molar-refractivity contribution in [1.82, 2.24) is 0 Å². The summed E-state index contributed by atoms with van der Waals surface area (Å²) in [6, 6.07) is 6.53. The van der Waals surface area contributed by atoms with E-state index in [9.17, 15) is 35.5 Å². The average molecular weight is 577 g/mol. The molecule has 4 nitrogen and oxygen atoms in total. The van der Waals surface area contributed by atoms with Crippen LogP contribution in [0.2, 0.25) is 0 Å². The Labute approximate surface area is 187 Å². The van der Waals surface area contributed by atoms with E-state index in [-0.39, 0.29) is 31.4 Å². The lowest BCUT2D eigenvalue weighted by atomic mass is 9.91. The molecule has 1 unspecified atom stereocenters. The Morgan fingerprint density at radius 2 is 1.58 bits per heavy atom. The highest BCUT2D eigenvalue weighted by atomic mass is 79.9. The summed E-state index contributed by atoms with van der Waals surface area (Å²) < 4.78 is 91.6. The Morgan fingerprint density at radius 1 is 1.03 bits per heavy atom. The van der Waals surface area contributed by atoms with Gasteiger partial charge in [0.2, 0.25) is 5.67 Å². The number of carbonyl (C=O) groups excluding carboxylic acids is 1. The molecule has 0 spiro atoms. The number of amides is 1. The number of rotatable bonds is 4. The Morgan fingerprint density at radius 3 is 2.00 bits per heavy atom. The normalized spacial score (nSPS) is 13.9. The summed E-state index contributed by atoms with van der Waals surface area (Å²) >= 11 is 5.69. The molecule has 0 fully saturated rings. The largest absolute Gasteiger partial charge is 0.427 e. The molecule has 0 aliphatic carbocycles. The van der Waals surface area contributed by atoms with E-state index >= 15 is 0 Å². The van der Waals surface area contributed by atoms with Gasteiger partial charge in [0.1, 0.15) is 6.07 Å². The predicted octanol–water partition coefficient (Wildman–Crippen LogP) is 6.60. The number of halogens is 9. The van der Waals surface area contributed by atoms with Crippen LogP contribution in [-0.4, -0.2) is 18.3 Å². The van der Waals surface area contributed by atoms with Gasteiger partial charge in [-0.3, -0.25) is 4.79 Å². The van der Waals surface area contributed by atoms with E-state index in [1.165, 1.54) is 18.2 Å². The number of nitrogens with two attached hydrogens (primary N) is 1. The van der Waals surface area contributed by atoms with E-state index in [0.717, 1.165) is 0 Å². The van der Waals surface area contributed by atoms with Crippen molar-refractivity contribution < 1.29 is 35.5 Å². The molecule has 0 aromatic heterocycles. The molecule has 2 rings (SSSR count). The maximum atomic E-state index is 14.6. The third kappa shape index (κ3) is 5.48. The Bertz CT molecular complexity index is 1040. The first-order valence-electron chi connectivity index (χ1n) is 8.02. The fourth-order valence-corrected chi connectivity index (χ4v) is 3.94. The van der Waals surface area contributed by atoms with Crippen molar-refractivity contribution in [2.45, 2.75) is 24.4 Å². The molecular formula is C18H10Br2F7N3O. The van der Waals surface area contributed by atoms with Crippen LogP contribution in [0.15, 0.2) is 39.3 Å². The van der Waals surface area contributed by atoms with E-state index in [1.807, 2.05) is 0 Å². The first-order chi connectivity index (χ1) is 14.1. The van der Waals surface area contributed by atoms with Gasteiger partial charge >= 0.3 is 12.4 Å². The fourth-order valence-electron chi connectivity index (χ4n) is 2.55. The second-order valence-electron chi connectivity index (χ2n) is 6.27. The van der Waals surface area contributed by atoms with Gasteiger partial charge < -0.3 is 11.1 Å². The topological polar surface area (TPSA) is 78.9 Å². The van der Waals surface area contributed by atoms with Crippen molar-refractivity contribution >= 4 is 49.1 Å². The summed E-state index contributed by atoms with van der Waals surface area (Å²) in [6.45, 7) is 0. The van der Waals surface area contributed by atoms with Crippen molar-refractivity contribution in [3.8, 4) is 6.07 Å². The van der Waals surface area contributed by atoms with Crippen LogP contribution in [0.1, 0.15) is 27.9 Å². The number of hydrogen-bond acceptors (Lipinski definition) is 3. The van der Waals surface area contributed by atoms with Gasteiger partial charge in [-0.15, -0.1) is 0 Å². The first-order valence-corrected chi connectivity index (χ1v) is 9.60. The highest BCUT2D eigenvalue weighted by molar-refractivity contribution is 9.11. The number of nitrogens with one attached hydrogen (secondary N) is 1. The van der Waals surface area contributed by atoms with Crippen molar-refractivity contribution in [3.63, 3.8) is 0 Å². The second-order valence-corrected chi connectivity index (χ2v) is 7.98. The minimum atomic E-state index is -5.85. The van der Waals surface area contributed by atoms with Crippen LogP contribution in [0, 0.1) is 11.3 Å². The molecule has 13 heteroatoms. The third-order valence-electron chi connectivity index (χ3n) is 4.07. The van der Waals surface area contributed by atoms with Gasteiger partial charge in [-0.1, -0.05) is 0 Å². The van der Waals surface area contributed by atoms with Crippen LogP contribution in [0.4, 0.5) is 42.1 Å². The van der Waals surface area contributed by atoms with E-state index in [2.05, 4.69) is 37.2 Å². The maximum Gasteiger partial charge on any atom is 0.427 e. The summed E-state index contributed by atoms with van der Waals surface area (Å²) in [5.41, 5.74) is -0.449. The number of carbonyl (C=O) groups is 1. The van der Waals surface area contributed by atoms with Crippen molar-refractivity contribution in [1.29, 1.82) is 5.26 Å². The van der Waals surface area contributed by atoms with E-state index in [4.69, 9.17) is 11.0 Å². The average Bonchev–Trinajstić information content (AvgIpc) is 2.61. The van der Waals surface area contributed by atoms with Crippen LogP contribution in [0.3, 0.4) is 0 Å². The number of benzene rings is 2. The molecule has 1 atom stereocenters. The molecule has 0 saturated carbocycles. The van der Waals surface area contributed by atoms with Crippen molar-refractivity contribution in [2.24, 2.45) is 0 Å². The van der Waals surface area contributed by atoms with Crippen molar-refractivity contribution in [2.75, 3.05) is 11.1 Å². The number of alkyl halides is 7. The molecule has 166 valence electrons. The number of nitriles is 1. The second kappa shape index (κ2) is 8.66. The smallest absolute Gasteiger partial charge is 0.398 e. The van der Waals surface area contributed by atoms with Crippen LogP contribution in [-0.2, 0) is 5.67 Å². The zero-order valence-electron chi connectivity index (χ0n) is 14.9. The molecule has 0 radical (unpaired) electrons. The van der Waals surface area contributed by atoms with E-state index in [1.54, 1.807) is 6.07 Å². The lowest BCUT2D eigenvalue weighted by Crippen LogP contribution is -2.42. The molecule has 3 N–H and O–H groups in total. The van der Waals surface area contributed by atoms with Crippen molar-refractivity contribution in [3.05, 3.63) is 56.0 Å². The monoisotopic (exact) mass is 575 g/mol. The molecule has 0 heterocycles. The first kappa shape index (κ1) is 24.9. The van der Waals surface area contributed by atoms with Gasteiger partial charge in [-0.2, -0.15) is 31.6 Å². The minimum Gasteiger partial charge on any atom is -0.398 e. The molecule has 31 heavy (non-hydrogen) atoms. The maximum absolute atomic E-state index is 14.6.